The first-order valence-corrected chi connectivity index (χ1v) is 8.70. The van der Waals surface area contributed by atoms with Crippen molar-refractivity contribution in [3.8, 4) is 0 Å². The standard InChI is InChI=1S/C15H13ClFN3O3S/c1-19-12-7-11(16)14(8-13(12)20(2)15(19)21)24(22,23)18-10-5-3-4-9(17)6-10/h3-8,18H,1-2H3. The number of rotatable bonds is 3. The van der Waals surface area contributed by atoms with Gasteiger partial charge in [-0.25, -0.2) is 17.6 Å². The average Bonchev–Trinajstić information content (AvgIpc) is 2.70. The number of nitrogens with zero attached hydrogens (tertiary/aromatic N) is 2. The van der Waals surface area contributed by atoms with Gasteiger partial charge in [-0.1, -0.05) is 17.7 Å². The Kier molecular flexibility index (Phi) is 3.89. The minimum atomic E-state index is -4.05. The van der Waals surface area contributed by atoms with Crippen molar-refractivity contribution in [3.63, 3.8) is 0 Å². The number of fused-ring (bicyclic) bond motifs is 1. The molecule has 0 unspecified atom stereocenters. The lowest BCUT2D eigenvalue weighted by atomic mass is 10.3. The van der Waals surface area contributed by atoms with Crippen molar-refractivity contribution in [2.75, 3.05) is 4.72 Å². The molecule has 3 rings (SSSR count). The zero-order valence-electron chi connectivity index (χ0n) is 12.7. The largest absolute Gasteiger partial charge is 0.328 e. The monoisotopic (exact) mass is 369 g/mol. The topological polar surface area (TPSA) is 73.1 Å². The van der Waals surface area contributed by atoms with Crippen molar-refractivity contribution in [1.29, 1.82) is 0 Å². The summed E-state index contributed by atoms with van der Waals surface area (Å²) in [4.78, 5) is 11.8. The molecule has 0 saturated heterocycles. The number of hydrogen-bond donors (Lipinski definition) is 1. The summed E-state index contributed by atoms with van der Waals surface area (Å²) in [6.07, 6.45) is 0. The average molecular weight is 370 g/mol. The molecule has 0 amide bonds. The van der Waals surface area contributed by atoms with Crippen LogP contribution in [0.5, 0.6) is 0 Å². The second kappa shape index (κ2) is 5.64. The van der Waals surface area contributed by atoms with Crippen LogP contribution in [0.1, 0.15) is 0 Å². The summed E-state index contributed by atoms with van der Waals surface area (Å²) >= 11 is 6.10. The van der Waals surface area contributed by atoms with Crippen molar-refractivity contribution in [1.82, 2.24) is 9.13 Å². The van der Waals surface area contributed by atoms with E-state index >= 15 is 0 Å². The summed E-state index contributed by atoms with van der Waals surface area (Å²) in [6, 6.07) is 7.81. The summed E-state index contributed by atoms with van der Waals surface area (Å²) < 4.78 is 43.3. The molecule has 2 aromatic carbocycles. The van der Waals surface area contributed by atoms with Crippen LogP contribution in [0, 0.1) is 5.82 Å². The Hall–Kier alpha value is -2.32. The Morgan fingerprint density at radius 1 is 1.08 bits per heavy atom. The molecule has 126 valence electrons. The summed E-state index contributed by atoms with van der Waals surface area (Å²) in [7, 11) is -0.940. The minimum Gasteiger partial charge on any atom is -0.295 e. The summed E-state index contributed by atoms with van der Waals surface area (Å²) in [5.41, 5.74) is 0.713. The first-order chi connectivity index (χ1) is 11.2. The zero-order valence-corrected chi connectivity index (χ0v) is 14.3. The van der Waals surface area contributed by atoms with E-state index in [1.165, 1.54) is 46.5 Å². The van der Waals surface area contributed by atoms with E-state index in [0.717, 1.165) is 6.07 Å². The highest BCUT2D eigenvalue weighted by molar-refractivity contribution is 7.92. The van der Waals surface area contributed by atoms with Crippen LogP contribution in [0.15, 0.2) is 46.1 Å². The minimum absolute atomic E-state index is 0.0346. The van der Waals surface area contributed by atoms with E-state index in [1.54, 1.807) is 7.05 Å². The van der Waals surface area contributed by atoms with Crippen molar-refractivity contribution in [2.45, 2.75) is 4.90 Å². The summed E-state index contributed by atoms with van der Waals surface area (Å²) in [5.74, 6) is -0.567. The molecule has 0 aliphatic heterocycles. The van der Waals surface area contributed by atoms with Crippen molar-refractivity contribution in [2.24, 2.45) is 14.1 Å². The lowest BCUT2D eigenvalue weighted by molar-refractivity contribution is 0.601. The maximum atomic E-state index is 13.2. The number of aromatic nitrogens is 2. The van der Waals surface area contributed by atoms with Gasteiger partial charge in [0.1, 0.15) is 10.7 Å². The third-order valence-corrected chi connectivity index (χ3v) is 5.54. The summed E-state index contributed by atoms with van der Waals surface area (Å²) in [5, 5.41) is -0.0346. The number of aryl methyl sites for hydroxylation is 2. The predicted octanol–water partition coefficient (Wildman–Crippen LogP) is 2.47. The van der Waals surface area contributed by atoms with Crippen molar-refractivity contribution >= 4 is 38.3 Å². The fraction of sp³-hybridized carbons (Fsp3) is 0.133. The van der Waals surface area contributed by atoms with E-state index in [0.29, 0.717) is 11.0 Å². The fourth-order valence-corrected chi connectivity index (χ4v) is 4.06. The van der Waals surface area contributed by atoms with Gasteiger partial charge >= 0.3 is 5.69 Å². The van der Waals surface area contributed by atoms with Gasteiger partial charge in [0.15, 0.2) is 0 Å². The van der Waals surface area contributed by atoms with Gasteiger partial charge in [-0.3, -0.25) is 13.9 Å². The molecule has 9 heteroatoms. The van der Waals surface area contributed by atoms with E-state index in [1.807, 2.05) is 0 Å². The molecule has 0 aliphatic rings. The third-order valence-electron chi connectivity index (χ3n) is 3.69. The number of nitrogens with one attached hydrogen (secondary N) is 1. The van der Waals surface area contributed by atoms with Gasteiger partial charge in [0.2, 0.25) is 0 Å². The Bertz CT molecular complexity index is 1120. The molecule has 0 bridgehead atoms. The fourth-order valence-electron chi connectivity index (χ4n) is 2.47. The van der Waals surface area contributed by atoms with E-state index in [4.69, 9.17) is 11.6 Å². The Morgan fingerprint density at radius 2 is 1.71 bits per heavy atom. The smallest absolute Gasteiger partial charge is 0.295 e. The first-order valence-electron chi connectivity index (χ1n) is 6.84. The molecule has 24 heavy (non-hydrogen) atoms. The Morgan fingerprint density at radius 3 is 2.33 bits per heavy atom. The molecule has 1 aromatic heterocycles. The Labute approximate surface area is 142 Å². The lowest BCUT2D eigenvalue weighted by Gasteiger charge is -2.10. The van der Waals surface area contributed by atoms with Crippen LogP contribution in [0.25, 0.3) is 11.0 Å². The molecule has 0 atom stereocenters. The quantitative estimate of drug-likeness (QED) is 0.770. The molecule has 0 radical (unpaired) electrons. The number of hydrogen-bond acceptors (Lipinski definition) is 3. The van der Waals surface area contributed by atoms with Crippen LogP contribution in [0.4, 0.5) is 10.1 Å². The molecular weight excluding hydrogens is 357 g/mol. The zero-order chi connectivity index (χ0) is 17.6. The van der Waals surface area contributed by atoms with Gasteiger partial charge in [-0.2, -0.15) is 0 Å². The normalized spacial score (nSPS) is 11.8. The van der Waals surface area contributed by atoms with Crippen LogP contribution in [0.2, 0.25) is 5.02 Å². The van der Waals surface area contributed by atoms with Crippen molar-refractivity contribution in [3.05, 3.63) is 57.7 Å². The number of benzene rings is 2. The van der Waals surface area contributed by atoms with Gasteiger partial charge in [-0.05, 0) is 30.3 Å². The van der Waals surface area contributed by atoms with Gasteiger partial charge in [0.05, 0.1) is 21.7 Å². The molecule has 6 nitrogen and oxygen atoms in total. The number of halogens is 2. The first kappa shape index (κ1) is 16.5. The molecule has 3 aromatic rings. The van der Waals surface area contributed by atoms with Gasteiger partial charge in [0, 0.05) is 14.1 Å². The number of imidazole rings is 1. The van der Waals surface area contributed by atoms with Crippen LogP contribution >= 0.6 is 11.6 Å². The van der Waals surface area contributed by atoms with Crippen LogP contribution < -0.4 is 10.4 Å². The number of sulfonamides is 1. The second-order valence-electron chi connectivity index (χ2n) is 5.29. The SMILES string of the molecule is Cn1c(=O)n(C)c2cc(S(=O)(=O)Nc3cccc(F)c3)c(Cl)cc21. The molecule has 1 N–H and O–H groups in total. The predicted molar refractivity (Wildman–Crippen MR) is 90.4 cm³/mol. The van der Waals surface area contributed by atoms with E-state index in [-0.39, 0.29) is 21.3 Å². The van der Waals surface area contributed by atoms with E-state index < -0.39 is 15.8 Å². The molecule has 0 saturated carbocycles. The van der Waals surface area contributed by atoms with E-state index in [2.05, 4.69) is 4.72 Å². The molecule has 0 aliphatic carbocycles. The van der Waals surface area contributed by atoms with Crippen molar-refractivity contribution < 1.29 is 12.8 Å². The number of anilines is 1. The highest BCUT2D eigenvalue weighted by Crippen LogP contribution is 2.28. The van der Waals surface area contributed by atoms with Gasteiger partial charge < -0.3 is 0 Å². The molecular formula is C15H13ClFN3O3S. The van der Waals surface area contributed by atoms with Crippen LogP contribution in [-0.2, 0) is 24.1 Å². The van der Waals surface area contributed by atoms with E-state index in [9.17, 15) is 17.6 Å². The van der Waals surface area contributed by atoms with Gasteiger partial charge in [0.25, 0.3) is 10.0 Å². The summed E-state index contributed by atoms with van der Waals surface area (Å²) in [6.45, 7) is 0. The maximum absolute atomic E-state index is 13.2. The highest BCUT2D eigenvalue weighted by Gasteiger charge is 2.21. The lowest BCUT2D eigenvalue weighted by Crippen LogP contribution is -2.19. The van der Waals surface area contributed by atoms with Crippen LogP contribution in [-0.4, -0.2) is 17.6 Å². The third kappa shape index (κ3) is 2.67. The van der Waals surface area contributed by atoms with Crippen LogP contribution in [0.3, 0.4) is 0 Å². The molecule has 0 fully saturated rings. The maximum Gasteiger partial charge on any atom is 0.328 e. The second-order valence-corrected chi connectivity index (χ2v) is 7.35. The molecule has 0 spiro atoms. The Balaban J connectivity index is 2.16. The highest BCUT2D eigenvalue weighted by atomic mass is 35.5. The van der Waals surface area contributed by atoms with Gasteiger partial charge in [-0.15, -0.1) is 0 Å². The molecule has 1 heterocycles.